The molecule has 1 unspecified atom stereocenters. The molecule has 0 aromatic heterocycles. The van der Waals surface area contributed by atoms with Gasteiger partial charge in [-0.05, 0) is 32.1 Å². The smallest absolute Gasteiger partial charge is 0.307 e. The van der Waals surface area contributed by atoms with Gasteiger partial charge in [0.1, 0.15) is 0 Å². The number of hydrogen-bond donors (Lipinski definition) is 2. The molecule has 24 heavy (non-hydrogen) atoms. The van der Waals surface area contributed by atoms with Gasteiger partial charge in [0.05, 0.1) is 12.3 Å². The van der Waals surface area contributed by atoms with Crippen LogP contribution in [-0.2, 0) is 9.59 Å². The van der Waals surface area contributed by atoms with E-state index in [1.165, 1.54) is 57.8 Å². The molecule has 0 bridgehead atoms. The van der Waals surface area contributed by atoms with Gasteiger partial charge in [0.2, 0.25) is 0 Å². The molecule has 0 fully saturated rings. The summed E-state index contributed by atoms with van der Waals surface area (Å²) in [5, 5.41) is 17.6. The number of rotatable bonds is 17. The Bertz CT molecular complexity index is 350. The molecular formula is C20H36O4. The molecule has 140 valence electrons. The first-order valence-electron chi connectivity index (χ1n) is 9.67. The molecule has 0 aliphatic carbocycles. The van der Waals surface area contributed by atoms with Crippen molar-refractivity contribution >= 4 is 11.9 Å². The normalized spacial score (nSPS) is 12.5. The molecule has 2 N–H and O–H groups in total. The molecule has 0 spiro atoms. The molecular weight excluding hydrogens is 304 g/mol. The summed E-state index contributed by atoms with van der Waals surface area (Å²) in [7, 11) is 0. The summed E-state index contributed by atoms with van der Waals surface area (Å²) in [6.45, 7) is 2.24. The van der Waals surface area contributed by atoms with E-state index in [1.54, 1.807) is 0 Å². The summed E-state index contributed by atoms with van der Waals surface area (Å²) < 4.78 is 0. The Balaban J connectivity index is 3.43. The summed E-state index contributed by atoms with van der Waals surface area (Å²) in [5.74, 6) is -2.80. The van der Waals surface area contributed by atoms with E-state index in [1.807, 2.05) is 0 Å². The molecule has 0 rings (SSSR count). The van der Waals surface area contributed by atoms with Gasteiger partial charge in [-0.25, -0.2) is 0 Å². The standard InChI is InChI=1S/C20H36O4/c1-2-3-4-5-6-7-8-9-10-11-12-13-14-15-16-18(20(23)24)17-19(21)22/h12-13,18H,2-11,14-17H2,1H3,(H,21,22)(H,23,24)/b13-12+. The highest BCUT2D eigenvalue weighted by atomic mass is 16.4. The molecule has 0 saturated carbocycles. The zero-order chi connectivity index (χ0) is 18.0. The average Bonchev–Trinajstić information content (AvgIpc) is 2.53. The maximum Gasteiger partial charge on any atom is 0.307 e. The Morgan fingerprint density at radius 3 is 1.79 bits per heavy atom. The van der Waals surface area contributed by atoms with Crippen LogP contribution in [-0.4, -0.2) is 22.2 Å². The Kier molecular flexibility index (Phi) is 15.6. The van der Waals surface area contributed by atoms with Crippen molar-refractivity contribution in [2.24, 2.45) is 5.92 Å². The predicted octanol–water partition coefficient (Wildman–Crippen LogP) is 5.81. The van der Waals surface area contributed by atoms with Crippen molar-refractivity contribution < 1.29 is 19.8 Å². The van der Waals surface area contributed by atoms with E-state index in [0.29, 0.717) is 6.42 Å². The van der Waals surface area contributed by atoms with Crippen LogP contribution >= 0.6 is 0 Å². The third-order valence-corrected chi connectivity index (χ3v) is 4.33. The number of aliphatic carboxylic acids is 2. The van der Waals surface area contributed by atoms with Crippen LogP contribution in [0.15, 0.2) is 12.2 Å². The van der Waals surface area contributed by atoms with Crippen molar-refractivity contribution in [2.45, 2.75) is 96.8 Å². The van der Waals surface area contributed by atoms with Crippen LogP contribution in [0.1, 0.15) is 96.8 Å². The zero-order valence-corrected chi connectivity index (χ0v) is 15.3. The molecule has 1 atom stereocenters. The first-order valence-corrected chi connectivity index (χ1v) is 9.67. The minimum absolute atomic E-state index is 0.280. The highest BCUT2D eigenvalue weighted by Crippen LogP contribution is 2.14. The Morgan fingerprint density at radius 2 is 1.29 bits per heavy atom. The predicted molar refractivity (Wildman–Crippen MR) is 98.2 cm³/mol. The van der Waals surface area contributed by atoms with Crippen LogP contribution in [0.5, 0.6) is 0 Å². The van der Waals surface area contributed by atoms with E-state index < -0.39 is 17.9 Å². The second-order valence-electron chi connectivity index (χ2n) is 6.65. The lowest BCUT2D eigenvalue weighted by Crippen LogP contribution is -2.17. The quantitative estimate of drug-likeness (QED) is 0.259. The van der Waals surface area contributed by atoms with Gasteiger partial charge < -0.3 is 10.2 Å². The van der Waals surface area contributed by atoms with Crippen molar-refractivity contribution in [1.82, 2.24) is 0 Å². The molecule has 0 aliphatic heterocycles. The minimum Gasteiger partial charge on any atom is -0.481 e. The fourth-order valence-corrected chi connectivity index (χ4v) is 2.81. The summed E-state index contributed by atoms with van der Waals surface area (Å²) in [6.07, 6.45) is 19.1. The van der Waals surface area contributed by atoms with Crippen molar-refractivity contribution in [3.8, 4) is 0 Å². The van der Waals surface area contributed by atoms with Crippen molar-refractivity contribution in [3.05, 3.63) is 12.2 Å². The van der Waals surface area contributed by atoms with Crippen LogP contribution in [0.2, 0.25) is 0 Å². The second kappa shape index (κ2) is 16.5. The van der Waals surface area contributed by atoms with Gasteiger partial charge in [-0.2, -0.15) is 0 Å². The van der Waals surface area contributed by atoms with Gasteiger partial charge in [-0.1, -0.05) is 70.4 Å². The SMILES string of the molecule is CCCCCCCCCCC/C=C/CCCC(CC(=O)O)C(=O)O. The van der Waals surface area contributed by atoms with Crippen LogP contribution in [0.4, 0.5) is 0 Å². The van der Waals surface area contributed by atoms with E-state index in [0.717, 1.165) is 19.3 Å². The summed E-state index contributed by atoms with van der Waals surface area (Å²) in [5.41, 5.74) is 0. The number of allylic oxidation sites excluding steroid dienone is 2. The Hall–Kier alpha value is -1.32. The molecule has 0 saturated heterocycles. The van der Waals surface area contributed by atoms with E-state index in [-0.39, 0.29) is 6.42 Å². The molecule has 0 amide bonds. The minimum atomic E-state index is -1.04. The van der Waals surface area contributed by atoms with Gasteiger partial charge in [-0.15, -0.1) is 0 Å². The fourth-order valence-electron chi connectivity index (χ4n) is 2.81. The number of carboxylic acid groups (broad SMARTS) is 2. The molecule has 0 aliphatic rings. The molecule has 4 nitrogen and oxygen atoms in total. The van der Waals surface area contributed by atoms with E-state index in [2.05, 4.69) is 19.1 Å². The third kappa shape index (κ3) is 15.6. The first kappa shape index (κ1) is 22.7. The molecule has 0 aromatic carbocycles. The van der Waals surface area contributed by atoms with Crippen LogP contribution in [0, 0.1) is 5.92 Å². The first-order chi connectivity index (χ1) is 11.6. The van der Waals surface area contributed by atoms with Crippen molar-refractivity contribution in [3.63, 3.8) is 0 Å². The van der Waals surface area contributed by atoms with Crippen LogP contribution in [0.3, 0.4) is 0 Å². The molecule has 0 heterocycles. The van der Waals surface area contributed by atoms with Crippen molar-refractivity contribution in [2.75, 3.05) is 0 Å². The lowest BCUT2D eigenvalue weighted by molar-refractivity contribution is -0.148. The molecule has 0 radical (unpaired) electrons. The lowest BCUT2D eigenvalue weighted by Gasteiger charge is -2.08. The molecule has 0 aromatic rings. The highest BCUT2D eigenvalue weighted by molar-refractivity contribution is 5.77. The number of carbonyl (C=O) groups is 2. The maximum atomic E-state index is 10.9. The topological polar surface area (TPSA) is 74.6 Å². The van der Waals surface area contributed by atoms with Gasteiger partial charge in [0, 0.05) is 0 Å². The number of unbranched alkanes of at least 4 members (excludes halogenated alkanes) is 10. The second-order valence-corrected chi connectivity index (χ2v) is 6.65. The average molecular weight is 341 g/mol. The van der Waals surface area contributed by atoms with Crippen LogP contribution < -0.4 is 0 Å². The summed E-state index contributed by atoms with van der Waals surface area (Å²) in [6, 6.07) is 0. The van der Waals surface area contributed by atoms with Gasteiger partial charge in [0.15, 0.2) is 0 Å². The number of hydrogen-bond acceptors (Lipinski definition) is 2. The van der Waals surface area contributed by atoms with Gasteiger partial charge in [-0.3, -0.25) is 9.59 Å². The largest absolute Gasteiger partial charge is 0.481 e. The number of carboxylic acids is 2. The van der Waals surface area contributed by atoms with Crippen LogP contribution in [0.25, 0.3) is 0 Å². The fraction of sp³-hybridized carbons (Fsp3) is 0.800. The maximum absolute atomic E-state index is 10.9. The third-order valence-electron chi connectivity index (χ3n) is 4.33. The van der Waals surface area contributed by atoms with E-state index >= 15 is 0 Å². The van der Waals surface area contributed by atoms with E-state index in [9.17, 15) is 9.59 Å². The Morgan fingerprint density at radius 1 is 0.792 bits per heavy atom. The van der Waals surface area contributed by atoms with Crippen molar-refractivity contribution in [1.29, 1.82) is 0 Å². The zero-order valence-electron chi connectivity index (χ0n) is 15.3. The van der Waals surface area contributed by atoms with E-state index in [4.69, 9.17) is 10.2 Å². The van der Waals surface area contributed by atoms with Gasteiger partial charge in [0.25, 0.3) is 0 Å². The summed E-state index contributed by atoms with van der Waals surface area (Å²) in [4.78, 5) is 21.5. The summed E-state index contributed by atoms with van der Waals surface area (Å²) >= 11 is 0. The Labute approximate surface area is 147 Å². The van der Waals surface area contributed by atoms with Gasteiger partial charge >= 0.3 is 11.9 Å². The highest BCUT2D eigenvalue weighted by Gasteiger charge is 2.19. The monoisotopic (exact) mass is 340 g/mol. The molecule has 4 heteroatoms. The lowest BCUT2D eigenvalue weighted by atomic mass is 9.98.